The highest BCUT2D eigenvalue weighted by molar-refractivity contribution is 5.36. The third kappa shape index (κ3) is 3.25. The fourth-order valence-electron chi connectivity index (χ4n) is 2.80. The van der Waals surface area contributed by atoms with E-state index in [1.165, 1.54) is 24.2 Å². The molecule has 1 aromatic carbocycles. The van der Waals surface area contributed by atoms with E-state index in [9.17, 15) is 0 Å². The molecule has 0 unspecified atom stereocenters. The molecule has 1 aliphatic rings. The van der Waals surface area contributed by atoms with Gasteiger partial charge in [-0.1, -0.05) is 6.07 Å². The normalized spacial score (nSPS) is 13.5. The highest BCUT2D eigenvalue weighted by atomic mass is 16.5. The van der Waals surface area contributed by atoms with Crippen molar-refractivity contribution in [2.24, 2.45) is 0 Å². The molecule has 1 aromatic heterocycles. The number of nitrogens with zero attached hydrogens (tertiary/aromatic N) is 3. The largest absolute Gasteiger partial charge is 0.493 e. The second kappa shape index (κ2) is 6.45. The average molecular weight is 281 g/mol. The number of fused-ring (bicyclic) bond motifs is 1. The number of hydrogen-bond acceptors (Lipinski definition) is 3. The molecular weight excluding hydrogens is 262 g/mol. The zero-order chi connectivity index (χ0) is 14.5. The van der Waals surface area contributed by atoms with Crippen LogP contribution in [0.4, 0.5) is 0 Å². The second-order valence-electron chi connectivity index (χ2n) is 5.38. The van der Waals surface area contributed by atoms with Gasteiger partial charge in [0.05, 0.1) is 30.3 Å². The van der Waals surface area contributed by atoms with Crippen molar-refractivity contribution in [3.8, 4) is 11.8 Å². The summed E-state index contributed by atoms with van der Waals surface area (Å²) in [5.74, 6) is 0.765. The highest BCUT2D eigenvalue weighted by Crippen LogP contribution is 2.20. The van der Waals surface area contributed by atoms with Crippen LogP contribution >= 0.6 is 0 Å². The molecule has 0 amide bonds. The van der Waals surface area contributed by atoms with Gasteiger partial charge in [-0.25, -0.2) is 4.98 Å². The second-order valence-corrected chi connectivity index (χ2v) is 5.38. The summed E-state index contributed by atoms with van der Waals surface area (Å²) in [7, 11) is 0. The molecule has 0 aliphatic heterocycles. The molecular formula is C17H19N3O. The topological polar surface area (TPSA) is 50.8 Å². The molecule has 1 heterocycles. The minimum Gasteiger partial charge on any atom is -0.493 e. The monoisotopic (exact) mass is 281 g/mol. The smallest absolute Gasteiger partial charge is 0.120 e. The first-order valence-electron chi connectivity index (χ1n) is 7.52. The van der Waals surface area contributed by atoms with E-state index in [1.54, 1.807) is 12.1 Å². The maximum Gasteiger partial charge on any atom is 0.120 e. The number of ether oxygens (including phenoxy) is 1. The van der Waals surface area contributed by atoms with Crippen LogP contribution in [-0.2, 0) is 19.4 Å². The number of aryl methyl sites for hydroxylation is 2. The minimum atomic E-state index is 0.635. The van der Waals surface area contributed by atoms with Crippen LogP contribution in [0.25, 0.3) is 0 Å². The lowest BCUT2D eigenvalue weighted by molar-refractivity contribution is 0.300. The van der Waals surface area contributed by atoms with E-state index in [0.29, 0.717) is 12.2 Å². The molecule has 4 heteroatoms. The Bertz CT molecular complexity index is 654. The number of benzene rings is 1. The zero-order valence-corrected chi connectivity index (χ0v) is 12.1. The third-order valence-electron chi connectivity index (χ3n) is 3.89. The molecule has 0 saturated carbocycles. The quantitative estimate of drug-likeness (QED) is 0.791. The standard InChI is InChI=1S/C17H19N3O/c18-12-14-5-3-6-15(11-14)21-10-4-9-20-13-19-16-7-1-2-8-17(16)20/h3,5-6,11,13H,1-2,4,7-10H2. The maximum absolute atomic E-state index is 8.86. The Labute approximate surface area is 125 Å². The van der Waals surface area contributed by atoms with Gasteiger partial charge in [-0.2, -0.15) is 5.26 Å². The molecule has 0 saturated heterocycles. The van der Waals surface area contributed by atoms with E-state index in [0.717, 1.165) is 31.6 Å². The Kier molecular flexibility index (Phi) is 4.20. The zero-order valence-electron chi connectivity index (χ0n) is 12.1. The van der Waals surface area contributed by atoms with Crippen molar-refractivity contribution >= 4 is 0 Å². The summed E-state index contributed by atoms with van der Waals surface area (Å²) in [6.45, 7) is 1.60. The molecule has 2 aromatic rings. The van der Waals surface area contributed by atoms with E-state index in [2.05, 4.69) is 15.6 Å². The third-order valence-corrected chi connectivity index (χ3v) is 3.89. The molecule has 0 fully saturated rings. The van der Waals surface area contributed by atoms with Crippen LogP contribution in [0.5, 0.6) is 5.75 Å². The number of hydrogen-bond donors (Lipinski definition) is 0. The summed E-state index contributed by atoms with van der Waals surface area (Å²) in [5, 5.41) is 8.86. The summed E-state index contributed by atoms with van der Waals surface area (Å²) in [5.41, 5.74) is 3.33. The van der Waals surface area contributed by atoms with Gasteiger partial charge in [0.1, 0.15) is 5.75 Å². The average Bonchev–Trinajstić information content (AvgIpc) is 2.95. The predicted molar refractivity (Wildman–Crippen MR) is 80.1 cm³/mol. The van der Waals surface area contributed by atoms with Crippen LogP contribution in [0.3, 0.4) is 0 Å². The number of rotatable bonds is 5. The Morgan fingerprint density at radius 3 is 3.10 bits per heavy atom. The Hall–Kier alpha value is -2.28. The first-order chi connectivity index (χ1) is 10.4. The van der Waals surface area contributed by atoms with Crippen molar-refractivity contribution < 1.29 is 4.74 Å². The van der Waals surface area contributed by atoms with Crippen LogP contribution < -0.4 is 4.74 Å². The lowest BCUT2D eigenvalue weighted by Crippen LogP contribution is -2.10. The van der Waals surface area contributed by atoms with E-state index >= 15 is 0 Å². The fourth-order valence-corrected chi connectivity index (χ4v) is 2.80. The van der Waals surface area contributed by atoms with Gasteiger partial charge < -0.3 is 9.30 Å². The predicted octanol–water partition coefficient (Wildman–Crippen LogP) is 3.10. The van der Waals surface area contributed by atoms with Crippen LogP contribution in [0.2, 0.25) is 0 Å². The van der Waals surface area contributed by atoms with Crippen molar-refractivity contribution in [1.82, 2.24) is 9.55 Å². The summed E-state index contributed by atoms with van der Waals surface area (Å²) in [6.07, 6.45) is 7.73. The fraction of sp³-hybridized carbons (Fsp3) is 0.412. The summed E-state index contributed by atoms with van der Waals surface area (Å²) in [6, 6.07) is 9.42. The van der Waals surface area contributed by atoms with Gasteiger partial charge in [0.25, 0.3) is 0 Å². The van der Waals surface area contributed by atoms with Crippen molar-refractivity contribution in [2.45, 2.75) is 38.6 Å². The van der Waals surface area contributed by atoms with Crippen molar-refractivity contribution in [3.63, 3.8) is 0 Å². The first kappa shape index (κ1) is 13.7. The molecule has 4 nitrogen and oxygen atoms in total. The van der Waals surface area contributed by atoms with Gasteiger partial charge >= 0.3 is 0 Å². The van der Waals surface area contributed by atoms with Gasteiger partial charge in [-0.05, 0) is 50.3 Å². The Morgan fingerprint density at radius 1 is 1.29 bits per heavy atom. The highest BCUT2D eigenvalue weighted by Gasteiger charge is 2.14. The van der Waals surface area contributed by atoms with E-state index in [1.807, 2.05) is 18.5 Å². The van der Waals surface area contributed by atoms with Crippen LogP contribution in [0.15, 0.2) is 30.6 Å². The number of nitriles is 1. The SMILES string of the molecule is N#Cc1cccc(OCCCn2cnc3c2CCCC3)c1. The van der Waals surface area contributed by atoms with Crippen LogP contribution in [0.1, 0.15) is 36.2 Å². The van der Waals surface area contributed by atoms with Gasteiger partial charge in [0.2, 0.25) is 0 Å². The molecule has 1 aliphatic carbocycles. The maximum atomic E-state index is 8.86. The summed E-state index contributed by atoms with van der Waals surface area (Å²) in [4.78, 5) is 4.50. The van der Waals surface area contributed by atoms with Crippen molar-refractivity contribution in [1.29, 1.82) is 5.26 Å². The Balaban J connectivity index is 1.50. The van der Waals surface area contributed by atoms with Crippen LogP contribution in [0, 0.1) is 11.3 Å². The van der Waals surface area contributed by atoms with E-state index in [4.69, 9.17) is 10.00 Å². The molecule has 3 rings (SSSR count). The molecule has 21 heavy (non-hydrogen) atoms. The van der Waals surface area contributed by atoms with Gasteiger partial charge in [0.15, 0.2) is 0 Å². The minimum absolute atomic E-state index is 0.635. The lowest BCUT2D eigenvalue weighted by atomic mass is 10.0. The van der Waals surface area contributed by atoms with Gasteiger partial charge in [0, 0.05) is 12.2 Å². The van der Waals surface area contributed by atoms with Gasteiger partial charge in [-0.15, -0.1) is 0 Å². The van der Waals surface area contributed by atoms with Crippen molar-refractivity contribution in [3.05, 3.63) is 47.5 Å². The number of imidazole rings is 1. The van der Waals surface area contributed by atoms with E-state index < -0.39 is 0 Å². The van der Waals surface area contributed by atoms with Gasteiger partial charge in [-0.3, -0.25) is 0 Å². The lowest BCUT2D eigenvalue weighted by Gasteiger charge is -2.14. The molecule has 0 N–H and O–H groups in total. The van der Waals surface area contributed by atoms with Crippen molar-refractivity contribution in [2.75, 3.05) is 6.61 Å². The molecule has 0 bridgehead atoms. The number of aromatic nitrogens is 2. The van der Waals surface area contributed by atoms with E-state index in [-0.39, 0.29) is 0 Å². The molecule has 0 spiro atoms. The Morgan fingerprint density at radius 2 is 2.19 bits per heavy atom. The van der Waals surface area contributed by atoms with Crippen LogP contribution in [-0.4, -0.2) is 16.2 Å². The molecule has 0 atom stereocenters. The molecule has 108 valence electrons. The molecule has 0 radical (unpaired) electrons. The summed E-state index contributed by atoms with van der Waals surface area (Å²) < 4.78 is 7.97. The first-order valence-corrected chi connectivity index (χ1v) is 7.52. The summed E-state index contributed by atoms with van der Waals surface area (Å²) >= 11 is 0.